The summed E-state index contributed by atoms with van der Waals surface area (Å²) >= 11 is 0. The second kappa shape index (κ2) is 11.3. The SMILES string of the molecule is CC[C@@H](C)NC(=O)[C@@H](C)N(Cc1ccccc1)C(=O)CN(c1cccc(C)c1C)S(C)(=O)=O. The highest BCUT2D eigenvalue weighted by atomic mass is 32.2. The first kappa shape index (κ1) is 26.4. The van der Waals surface area contributed by atoms with E-state index in [0.717, 1.165) is 33.7 Å². The Labute approximate surface area is 197 Å². The summed E-state index contributed by atoms with van der Waals surface area (Å²) in [4.78, 5) is 27.8. The molecule has 0 spiro atoms. The first-order valence-corrected chi connectivity index (χ1v) is 13.0. The minimum atomic E-state index is -3.74. The zero-order chi connectivity index (χ0) is 24.8. The fourth-order valence-corrected chi connectivity index (χ4v) is 4.33. The predicted molar refractivity (Wildman–Crippen MR) is 132 cm³/mol. The Morgan fingerprint density at radius 2 is 1.64 bits per heavy atom. The van der Waals surface area contributed by atoms with Gasteiger partial charge >= 0.3 is 0 Å². The van der Waals surface area contributed by atoms with Gasteiger partial charge in [-0.1, -0.05) is 49.4 Å². The number of amides is 2. The number of anilines is 1. The average molecular weight is 474 g/mol. The second-order valence-corrected chi connectivity index (χ2v) is 10.4. The molecule has 2 amide bonds. The molecule has 0 radical (unpaired) electrons. The van der Waals surface area contributed by atoms with E-state index < -0.39 is 28.5 Å². The van der Waals surface area contributed by atoms with E-state index in [-0.39, 0.29) is 18.5 Å². The number of carbonyl (C=O) groups is 2. The first-order valence-electron chi connectivity index (χ1n) is 11.1. The molecule has 0 fully saturated rings. The summed E-state index contributed by atoms with van der Waals surface area (Å²) in [6, 6.07) is 13.9. The summed E-state index contributed by atoms with van der Waals surface area (Å²) in [6.45, 7) is 9.06. The zero-order valence-corrected chi connectivity index (χ0v) is 21.1. The number of rotatable bonds is 10. The van der Waals surface area contributed by atoms with Crippen LogP contribution >= 0.6 is 0 Å². The van der Waals surface area contributed by atoms with Gasteiger partial charge < -0.3 is 10.2 Å². The van der Waals surface area contributed by atoms with Gasteiger partial charge in [-0.2, -0.15) is 0 Å². The number of hydrogen-bond donors (Lipinski definition) is 1. The van der Waals surface area contributed by atoms with Crippen LogP contribution in [0.1, 0.15) is 43.9 Å². The summed E-state index contributed by atoms with van der Waals surface area (Å²) in [5.74, 6) is -0.719. The molecular formula is C25H35N3O4S. The molecule has 0 bridgehead atoms. The van der Waals surface area contributed by atoms with Crippen LogP contribution in [0.3, 0.4) is 0 Å². The van der Waals surface area contributed by atoms with Crippen molar-refractivity contribution in [1.82, 2.24) is 10.2 Å². The van der Waals surface area contributed by atoms with Crippen LogP contribution in [-0.2, 0) is 26.2 Å². The predicted octanol–water partition coefficient (Wildman–Crippen LogP) is 3.40. The Kier molecular flexibility index (Phi) is 9.05. The van der Waals surface area contributed by atoms with Crippen LogP contribution in [-0.4, -0.2) is 50.0 Å². The van der Waals surface area contributed by atoms with Crippen molar-refractivity contribution in [1.29, 1.82) is 0 Å². The molecule has 8 heteroatoms. The number of nitrogens with one attached hydrogen (secondary N) is 1. The van der Waals surface area contributed by atoms with E-state index in [1.165, 1.54) is 4.90 Å². The number of sulfonamides is 1. The summed E-state index contributed by atoms with van der Waals surface area (Å²) in [5, 5.41) is 2.92. The third kappa shape index (κ3) is 7.05. The van der Waals surface area contributed by atoms with Crippen LogP contribution in [0.25, 0.3) is 0 Å². The maximum Gasteiger partial charge on any atom is 0.244 e. The third-order valence-electron chi connectivity index (χ3n) is 5.89. The molecule has 180 valence electrons. The molecule has 2 atom stereocenters. The van der Waals surface area contributed by atoms with Crippen molar-refractivity contribution >= 4 is 27.5 Å². The topological polar surface area (TPSA) is 86.8 Å². The number of hydrogen-bond acceptors (Lipinski definition) is 4. The van der Waals surface area contributed by atoms with Crippen molar-refractivity contribution in [2.75, 3.05) is 17.1 Å². The minimum Gasteiger partial charge on any atom is -0.352 e. The van der Waals surface area contributed by atoms with Gasteiger partial charge in [-0.15, -0.1) is 0 Å². The Bertz CT molecular complexity index is 1070. The monoisotopic (exact) mass is 473 g/mol. The molecule has 0 aliphatic rings. The van der Waals surface area contributed by atoms with Crippen LogP contribution in [0, 0.1) is 13.8 Å². The number of aryl methyl sites for hydroxylation is 1. The molecule has 0 aliphatic heterocycles. The number of benzene rings is 2. The van der Waals surface area contributed by atoms with Gasteiger partial charge in [0, 0.05) is 12.6 Å². The normalized spacial score (nSPS) is 13.2. The van der Waals surface area contributed by atoms with Crippen molar-refractivity contribution < 1.29 is 18.0 Å². The molecule has 2 aromatic rings. The molecule has 0 saturated carbocycles. The maximum atomic E-state index is 13.5. The van der Waals surface area contributed by atoms with Crippen LogP contribution in [0.5, 0.6) is 0 Å². The van der Waals surface area contributed by atoms with Gasteiger partial charge in [0.1, 0.15) is 12.6 Å². The lowest BCUT2D eigenvalue weighted by Crippen LogP contribution is -2.52. The van der Waals surface area contributed by atoms with Gasteiger partial charge in [0.2, 0.25) is 21.8 Å². The molecule has 0 heterocycles. The van der Waals surface area contributed by atoms with Crippen LogP contribution < -0.4 is 9.62 Å². The number of carbonyl (C=O) groups excluding carboxylic acids is 2. The van der Waals surface area contributed by atoms with Crippen LogP contribution in [0.2, 0.25) is 0 Å². The summed E-state index contributed by atoms with van der Waals surface area (Å²) in [5.41, 5.74) is 3.03. The van der Waals surface area contributed by atoms with Crippen molar-refractivity contribution in [3.05, 3.63) is 65.2 Å². The van der Waals surface area contributed by atoms with Gasteiger partial charge in [0.15, 0.2) is 0 Å². The third-order valence-corrected chi connectivity index (χ3v) is 7.01. The van der Waals surface area contributed by atoms with Gasteiger partial charge in [-0.05, 0) is 56.9 Å². The lowest BCUT2D eigenvalue weighted by Gasteiger charge is -2.32. The van der Waals surface area contributed by atoms with Crippen molar-refractivity contribution in [3.63, 3.8) is 0 Å². The largest absolute Gasteiger partial charge is 0.352 e. The molecule has 1 N–H and O–H groups in total. The van der Waals surface area contributed by atoms with Crippen molar-refractivity contribution in [2.24, 2.45) is 0 Å². The van der Waals surface area contributed by atoms with E-state index >= 15 is 0 Å². The Morgan fingerprint density at radius 3 is 2.21 bits per heavy atom. The molecule has 7 nitrogen and oxygen atoms in total. The fourth-order valence-electron chi connectivity index (χ4n) is 3.43. The molecule has 0 aliphatic carbocycles. The lowest BCUT2D eigenvalue weighted by atomic mass is 10.1. The molecule has 33 heavy (non-hydrogen) atoms. The van der Waals surface area contributed by atoms with Crippen molar-refractivity contribution in [2.45, 2.75) is 59.7 Å². The quantitative estimate of drug-likeness (QED) is 0.573. The van der Waals surface area contributed by atoms with Gasteiger partial charge in [0.25, 0.3) is 0 Å². The van der Waals surface area contributed by atoms with E-state index in [1.807, 2.05) is 64.1 Å². The standard InChI is InChI=1S/C25H35N3O4S/c1-7-19(3)26-25(30)21(5)27(16-22-13-9-8-10-14-22)24(29)17-28(33(6,31)32)23-15-11-12-18(2)20(23)4/h8-15,19,21H,7,16-17H2,1-6H3,(H,26,30)/t19-,21-/m1/s1. The molecule has 0 saturated heterocycles. The van der Waals surface area contributed by atoms with Crippen LogP contribution in [0.15, 0.2) is 48.5 Å². The van der Waals surface area contributed by atoms with Gasteiger partial charge in [-0.25, -0.2) is 8.42 Å². The lowest BCUT2D eigenvalue weighted by molar-refractivity contribution is -0.139. The van der Waals surface area contributed by atoms with Crippen molar-refractivity contribution in [3.8, 4) is 0 Å². The summed E-state index contributed by atoms with van der Waals surface area (Å²) in [7, 11) is -3.74. The summed E-state index contributed by atoms with van der Waals surface area (Å²) in [6.07, 6.45) is 1.85. The average Bonchev–Trinajstić information content (AvgIpc) is 2.77. The van der Waals surface area contributed by atoms with E-state index in [2.05, 4.69) is 5.32 Å². The highest BCUT2D eigenvalue weighted by Crippen LogP contribution is 2.25. The maximum absolute atomic E-state index is 13.5. The van der Waals surface area contributed by atoms with Gasteiger partial charge in [0.05, 0.1) is 11.9 Å². The molecule has 0 aromatic heterocycles. The second-order valence-electron chi connectivity index (χ2n) is 8.49. The summed E-state index contributed by atoms with van der Waals surface area (Å²) < 4.78 is 26.5. The van der Waals surface area contributed by atoms with E-state index in [1.54, 1.807) is 19.1 Å². The van der Waals surface area contributed by atoms with E-state index in [4.69, 9.17) is 0 Å². The Morgan fingerprint density at radius 1 is 1.00 bits per heavy atom. The minimum absolute atomic E-state index is 0.0314. The highest BCUT2D eigenvalue weighted by molar-refractivity contribution is 7.92. The molecular weight excluding hydrogens is 438 g/mol. The Hall–Kier alpha value is -2.87. The molecule has 0 unspecified atom stereocenters. The highest BCUT2D eigenvalue weighted by Gasteiger charge is 2.31. The van der Waals surface area contributed by atoms with Crippen LogP contribution in [0.4, 0.5) is 5.69 Å². The number of nitrogens with zero attached hydrogens (tertiary/aromatic N) is 2. The molecule has 2 aromatic carbocycles. The zero-order valence-electron chi connectivity index (χ0n) is 20.3. The van der Waals surface area contributed by atoms with E-state index in [9.17, 15) is 18.0 Å². The smallest absolute Gasteiger partial charge is 0.244 e. The Balaban J connectivity index is 2.40. The van der Waals surface area contributed by atoms with Gasteiger partial charge in [-0.3, -0.25) is 13.9 Å². The molecule has 2 rings (SSSR count). The fraction of sp³-hybridized carbons (Fsp3) is 0.440. The first-order chi connectivity index (χ1) is 15.5. The van der Waals surface area contributed by atoms with E-state index in [0.29, 0.717) is 5.69 Å².